The van der Waals surface area contributed by atoms with Gasteiger partial charge in [0.2, 0.25) is 0 Å². The van der Waals surface area contributed by atoms with Crippen LogP contribution in [0.2, 0.25) is 0 Å². The fourth-order valence-electron chi connectivity index (χ4n) is 6.02. The molecule has 3 rings (SSSR count). The van der Waals surface area contributed by atoms with Gasteiger partial charge in [-0.25, -0.2) is 4.79 Å². The van der Waals surface area contributed by atoms with Crippen LogP contribution in [-0.4, -0.2) is 54.2 Å². The molecule has 0 aliphatic carbocycles. The summed E-state index contributed by atoms with van der Waals surface area (Å²) in [5.74, 6) is -2.06. The highest BCUT2D eigenvalue weighted by atomic mass is 16.7. The van der Waals surface area contributed by atoms with Crippen LogP contribution in [0.15, 0.2) is 12.2 Å². The summed E-state index contributed by atoms with van der Waals surface area (Å²) in [5, 5.41) is 0. The second-order valence-electron chi connectivity index (χ2n) is 11.2. The van der Waals surface area contributed by atoms with Crippen molar-refractivity contribution in [3.63, 3.8) is 0 Å². The maximum atomic E-state index is 11.8. The van der Waals surface area contributed by atoms with Crippen LogP contribution >= 0.6 is 0 Å². The maximum Gasteiger partial charge on any atom is 0.330 e. The lowest BCUT2D eigenvalue weighted by Gasteiger charge is -2.42. The lowest BCUT2D eigenvalue weighted by atomic mass is 9.91. The Hall–Kier alpha value is -1.93. The summed E-state index contributed by atoms with van der Waals surface area (Å²) in [6.45, 7) is 5.08. The van der Waals surface area contributed by atoms with Crippen molar-refractivity contribution < 1.29 is 38.1 Å². The molecule has 2 saturated heterocycles. The molecular weight excluding hydrogens is 488 g/mol. The average Bonchev–Trinajstić information content (AvgIpc) is 3.17. The molecule has 8 heteroatoms. The third-order valence-corrected chi connectivity index (χ3v) is 7.69. The molecule has 0 bridgehead atoms. The average molecular weight is 537 g/mol. The summed E-state index contributed by atoms with van der Waals surface area (Å²) in [7, 11) is 0. The predicted molar refractivity (Wildman–Crippen MR) is 142 cm³/mol. The van der Waals surface area contributed by atoms with Gasteiger partial charge < -0.3 is 23.7 Å². The van der Waals surface area contributed by atoms with Crippen molar-refractivity contribution in [1.82, 2.24) is 0 Å². The van der Waals surface area contributed by atoms with E-state index in [4.69, 9.17) is 23.7 Å². The van der Waals surface area contributed by atoms with E-state index in [1.165, 1.54) is 77.7 Å². The van der Waals surface area contributed by atoms with Crippen molar-refractivity contribution in [3.05, 3.63) is 12.2 Å². The van der Waals surface area contributed by atoms with Gasteiger partial charge in [0, 0.05) is 45.6 Å². The molecule has 0 aromatic carbocycles. The second kappa shape index (κ2) is 15.6. The Bertz CT molecular complexity index is 795. The van der Waals surface area contributed by atoms with Gasteiger partial charge in [-0.2, -0.15) is 0 Å². The van der Waals surface area contributed by atoms with E-state index in [2.05, 4.69) is 6.92 Å². The third-order valence-electron chi connectivity index (χ3n) is 7.69. The highest BCUT2D eigenvalue weighted by molar-refractivity contribution is 5.83. The van der Waals surface area contributed by atoms with E-state index in [0.717, 1.165) is 19.3 Å². The number of rotatable bonds is 16. The first-order chi connectivity index (χ1) is 18.3. The summed E-state index contributed by atoms with van der Waals surface area (Å²) < 4.78 is 29.4. The van der Waals surface area contributed by atoms with E-state index in [-0.39, 0.29) is 36.4 Å². The summed E-state index contributed by atoms with van der Waals surface area (Å²) in [5.41, 5.74) is 0. The van der Waals surface area contributed by atoms with Gasteiger partial charge in [-0.3, -0.25) is 9.59 Å². The van der Waals surface area contributed by atoms with Gasteiger partial charge in [0.15, 0.2) is 5.79 Å². The number of hydrogen-bond acceptors (Lipinski definition) is 8. The number of fused-ring (bicyclic) bond motifs is 1. The van der Waals surface area contributed by atoms with Crippen LogP contribution in [0.1, 0.15) is 124 Å². The quantitative estimate of drug-likeness (QED) is 0.133. The monoisotopic (exact) mass is 536 g/mol. The smallest absolute Gasteiger partial charge is 0.330 e. The van der Waals surface area contributed by atoms with Crippen LogP contribution in [0.4, 0.5) is 0 Å². The Morgan fingerprint density at radius 2 is 1.61 bits per heavy atom. The topological polar surface area (TPSA) is 97.4 Å². The Morgan fingerprint density at radius 3 is 2.24 bits per heavy atom. The van der Waals surface area contributed by atoms with Gasteiger partial charge in [0.1, 0.15) is 24.4 Å². The molecular formula is C30H48O8. The molecule has 0 radical (unpaired) electrons. The minimum absolute atomic E-state index is 0.273. The molecule has 3 aliphatic heterocycles. The van der Waals surface area contributed by atoms with Gasteiger partial charge >= 0.3 is 17.9 Å². The Morgan fingerprint density at radius 1 is 0.947 bits per heavy atom. The minimum atomic E-state index is -1.01. The van der Waals surface area contributed by atoms with E-state index in [9.17, 15) is 14.4 Å². The van der Waals surface area contributed by atoms with Gasteiger partial charge in [-0.05, 0) is 18.9 Å². The summed E-state index contributed by atoms with van der Waals surface area (Å²) in [6.07, 6.45) is 17.7. The number of esters is 3. The first kappa shape index (κ1) is 30.6. The number of ether oxygens (including phenoxy) is 5. The van der Waals surface area contributed by atoms with Crippen LogP contribution in [0.3, 0.4) is 0 Å². The summed E-state index contributed by atoms with van der Waals surface area (Å²) >= 11 is 0. The van der Waals surface area contributed by atoms with Crippen molar-refractivity contribution in [2.45, 2.75) is 160 Å². The van der Waals surface area contributed by atoms with Gasteiger partial charge in [-0.15, -0.1) is 0 Å². The van der Waals surface area contributed by atoms with Crippen molar-refractivity contribution >= 4 is 17.9 Å². The number of carbonyl (C=O) groups excluding carboxylic acids is 3. The van der Waals surface area contributed by atoms with Gasteiger partial charge in [0.05, 0.1) is 6.10 Å². The first-order valence-corrected chi connectivity index (χ1v) is 14.9. The molecule has 38 heavy (non-hydrogen) atoms. The molecule has 8 nitrogen and oxygen atoms in total. The summed E-state index contributed by atoms with van der Waals surface area (Å²) in [6, 6.07) is 0. The van der Waals surface area contributed by atoms with E-state index in [1.54, 1.807) is 6.08 Å². The van der Waals surface area contributed by atoms with Gasteiger partial charge in [-0.1, -0.05) is 71.1 Å². The Kier molecular flexibility index (Phi) is 12.6. The van der Waals surface area contributed by atoms with Crippen LogP contribution < -0.4 is 0 Å². The minimum Gasteiger partial charge on any atom is -0.462 e. The maximum absolute atomic E-state index is 11.8. The normalized spacial score (nSPS) is 29.1. The van der Waals surface area contributed by atoms with Crippen LogP contribution in [-0.2, 0) is 38.1 Å². The number of hydrogen-bond donors (Lipinski definition) is 0. The van der Waals surface area contributed by atoms with Crippen molar-refractivity contribution in [2.24, 2.45) is 0 Å². The lowest BCUT2D eigenvalue weighted by molar-refractivity contribution is -0.286. The van der Waals surface area contributed by atoms with Crippen molar-refractivity contribution in [3.8, 4) is 0 Å². The second-order valence-corrected chi connectivity index (χ2v) is 11.2. The van der Waals surface area contributed by atoms with Gasteiger partial charge in [0.25, 0.3) is 0 Å². The zero-order chi connectivity index (χ0) is 27.4. The molecule has 0 aromatic rings. The molecule has 216 valence electrons. The van der Waals surface area contributed by atoms with Crippen LogP contribution in [0.25, 0.3) is 0 Å². The molecule has 0 N–H and O–H groups in total. The van der Waals surface area contributed by atoms with Crippen LogP contribution in [0, 0.1) is 0 Å². The van der Waals surface area contributed by atoms with Crippen LogP contribution in [0.5, 0.6) is 0 Å². The molecule has 3 aliphatic rings. The molecule has 6 atom stereocenters. The molecule has 0 aromatic heterocycles. The predicted octanol–water partition coefficient (Wildman–Crippen LogP) is 6.09. The SMILES string of the molecule is CCCCCCCCCCCCC[C@@H](C[C@H]1C[C@H](OC(C)=O)C[C@@]2(C[C@@H]3OC(=O)C=C[C@@H]3O2)O1)OC(C)=O. The number of carbonyl (C=O) groups is 3. The molecule has 0 amide bonds. The van der Waals surface area contributed by atoms with Crippen molar-refractivity contribution in [1.29, 1.82) is 0 Å². The number of unbranched alkanes of at least 4 members (excludes halogenated alkanes) is 10. The fraction of sp³-hybridized carbons (Fsp3) is 0.833. The first-order valence-electron chi connectivity index (χ1n) is 14.9. The van der Waals surface area contributed by atoms with Crippen molar-refractivity contribution in [2.75, 3.05) is 0 Å². The molecule has 3 heterocycles. The fourth-order valence-corrected chi connectivity index (χ4v) is 6.02. The standard InChI is InChI=1S/C30H48O8/c1-4-5-6-7-8-9-10-11-12-13-14-15-24(34-22(2)31)18-25-19-26(35-23(3)32)20-30(37-25)21-28-27(38-30)16-17-29(33)36-28/h16-17,24-28H,4-15,18-21H2,1-3H3/t24-,25-,26-,27-,28-,30+/m0/s1. The Labute approximate surface area is 228 Å². The largest absolute Gasteiger partial charge is 0.462 e. The molecule has 0 saturated carbocycles. The molecule has 2 fully saturated rings. The van der Waals surface area contributed by atoms with E-state index < -0.39 is 17.9 Å². The van der Waals surface area contributed by atoms with E-state index in [1.807, 2.05) is 0 Å². The summed E-state index contributed by atoms with van der Waals surface area (Å²) in [4.78, 5) is 35.3. The highest BCUT2D eigenvalue weighted by Gasteiger charge is 2.54. The Balaban J connectivity index is 1.47. The zero-order valence-corrected chi connectivity index (χ0v) is 23.6. The lowest BCUT2D eigenvalue weighted by Crippen LogP contribution is -2.48. The molecule has 0 unspecified atom stereocenters. The van der Waals surface area contributed by atoms with E-state index in [0.29, 0.717) is 25.7 Å². The highest BCUT2D eigenvalue weighted by Crippen LogP contribution is 2.44. The van der Waals surface area contributed by atoms with E-state index >= 15 is 0 Å². The molecule has 1 spiro atoms. The zero-order valence-electron chi connectivity index (χ0n) is 23.6. The third kappa shape index (κ3) is 10.3.